The molecule has 1 aromatic heterocycles. The summed E-state index contributed by atoms with van der Waals surface area (Å²) in [6.07, 6.45) is -2.54. The molecule has 1 aliphatic carbocycles. The number of nitrogens with zero attached hydrogens (tertiary/aromatic N) is 3. The van der Waals surface area contributed by atoms with Gasteiger partial charge in [0, 0.05) is 24.3 Å². The molecule has 43 heavy (non-hydrogen) atoms. The summed E-state index contributed by atoms with van der Waals surface area (Å²) >= 11 is 0.404. The largest absolute Gasteiger partial charge is 0.443 e. The smallest absolute Gasteiger partial charge is 0.405 e. The second-order valence-electron chi connectivity index (χ2n) is 8.97. The molecular weight excluding hydrogens is 583 g/mol. The Morgan fingerprint density at radius 1 is 1.12 bits per heavy atom. The molecule has 0 saturated heterocycles. The van der Waals surface area contributed by atoms with Crippen molar-refractivity contribution in [2.24, 2.45) is 15.7 Å². The van der Waals surface area contributed by atoms with E-state index in [-0.39, 0.29) is 16.7 Å². The van der Waals surface area contributed by atoms with Crippen LogP contribution in [0.3, 0.4) is 0 Å². The van der Waals surface area contributed by atoms with E-state index in [2.05, 4.69) is 25.6 Å². The first kappa shape index (κ1) is 33.2. The Kier molecular flexibility index (Phi) is 11.8. The maximum absolute atomic E-state index is 13.4. The van der Waals surface area contributed by atoms with Crippen LogP contribution in [0.1, 0.15) is 61.4 Å². The van der Waals surface area contributed by atoms with Gasteiger partial charge >= 0.3 is 6.18 Å². The number of carbonyl (C=O) groups excluding carboxylic acids is 1. The molecule has 3 aromatic rings. The predicted octanol–water partition coefficient (Wildman–Crippen LogP) is 5.62. The molecule has 1 atom stereocenters. The van der Waals surface area contributed by atoms with E-state index < -0.39 is 35.2 Å². The zero-order valence-corrected chi connectivity index (χ0v) is 24.7. The number of nitrogens with one attached hydrogen (secondary N) is 3. The summed E-state index contributed by atoms with van der Waals surface area (Å²) in [4.78, 5) is 25.1. The Hall–Kier alpha value is -4.30. The molecule has 2 aliphatic rings. The van der Waals surface area contributed by atoms with Gasteiger partial charge in [-0.25, -0.2) is 9.98 Å². The molecule has 1 unspecified atom stereocenters. The summed E-state index contributed by atoms with van der Waals surface area (Å²) < 4.78 is 45.5. The number of carbonyl (C=O) groups is 1. The molecule has 2 heterocycles. The van der Waals surface area contributed by atoms with Crippen LogP contribution in [0.4, 0.5) is 23.9 Å². The summed E-state index contributed by atoms with van der Waals surface area (Å²) in [7, 11) is 1.00. The molecule has 5 rings (SSSR count). The number of para-hydroxylation sites is 1. The number of benzodiazepines with no additional fused rings is 1. The number of rotatable bonds is 5. The van der Waals surface area contributed by atoms with Crippen molar-refractivity contribution >= 4 is 45.6 Å². The maximum Gasteiger partial charge on any atom is 0.443 e. The number of aromatic nitrogens is 1. The van der Waals surface area contributed by atoms with Crippen molar-refractivity contribution in [2.45, 2.75) is 57.9 Å². The normalized spacial score (nSPS) is 16.7. The molecule has 230 valence electrons. The SMILES string of the molecule is CC.CO.N=C(O/C(N)=N/C1N=C(c2ccccc2)c2ccccc2NC1=O)c1nc(C(F)(F)F)sc1NC1CCCC1. The number of hydrogen-bond acceptors (Lipinski definition) is 9. The van der Waals surface area contributed by atoms with Gasteiger partial charge in [-0.15, -0.1) is 0 Å². The van der Waals surface area contributed by atoms with E-state index in [4.69, 9.17) is 21.0 Å². The highest BCUT2D eigenvalue weighted by Crippen LogP contribution is 2.38. The Balaban J connectivity index is 0.00000121. The molecular formula is C29H34F3N7O3S. The number of aliphatic hydroxyl groups excluding tert-OH is 1. The van der Waals surface area contributed by atoms with E-state index in [9.17, 15) is 18.0 Å². The number of thiazole rings is 1. The Morgan fingerprint density at radius 3 is 2.40 bits per heavy atom. The van der Waals surface area contributed by atoms with Crippen molar-refractivity contribution in [1.82, 2.24) is 4.98 Å². The molecule has 6 N–H and O–H groups in total. The van der Waals surface area contributed by atoms with Gasteiger partial charge in [-0.2, -0.15) is 18.2 Å². The summed E-state index contributed by atoms with van der Waals surface area (Å²) in [6.45, 7) is 4.00. The van der Waals surface area contributed by atoms with Crippen LogP contribution in [0, 0.1) is 5.41 Å². The average molecular weight is 618 g/mol. The van der Waals surface area contributed by atoms with Crippen LogP contribution in [0.15, 0.2) is 64.6 Å². The van der Waals surface area contributed by atoms with Gasteiger partial charge in [-0.05, 0) is 18.9 Å². The van der Waals surface area contributed by atoms with Crippen molar-refractivity contribution < 1.29 is 27.8 Å². The van der Waals surface area contributed by atoms with Crippen molar-refractivity contribution in [3.8, 4) is 0 Å². The zero-order valence-electron chi connectivity index (χ0n) is 23.9. The molecule has 1 saturated carbocycles. The first-order valence-electron chi connectivity index (χ1n) is 13.6. The summed E-state index contributed by atoms with van der Waals surface area (Å²) in [5.41, 5.74) is 8.01. The van der Waals surface area contributed by atoms with Gasteiger partial charge < -0.3 is 26.2 Å². The predicted molar refractivity (Wildman–Crippen MR) is 163 cm³/mol. The fraction of sp³-hybridized carbons (Fsp3) is 0.345. The number of benzene rings is 2. The lowest BCUT2D eigenvalue weighted by atomic mass is 10.0. The van der Waals surface area contributed by atoms with E-state index in [1.165, 1.54) is 0 Å². The lowest BCUT2D eigenvalue weighted by molar-refractivity contribution is -0.137. The molecule has 1 fully saturated rings. The third-order valence-electron chi connectivity index (χ3n) is 6.20. The molecule has 1 aliphatic heterocycles. The maximum atomic E-state index is 13.4. The number of anilines is 2. The van der Waals surface area contributed by atoms with Crippen LogP contribution in [-0.2, 0) is 15.7 Å². The molecule has 0 radical (unpaired) electrons. The number of amidine groups is 1. The first-order chi connectivity index (χ1) is 20.7. The molecule has 10 nitrogen and oxygen atoms in total. The van der Waals surface area contributed by atoms with Crippen LogP contribution in [0.5, 0.6) is 0 Å². The summed E-state index contributed by atoms with van der Waals surface area (Å²) in [5.74, 6) is -1.32. The number of aliphatic hydroxyl groups is 1. The summed E-state index contributed by atoms with van der Waals surface area (Å²) in [6, 6.07) is 15.7. The fourth-order valence-corrected chi connectivity index (χ4v) is 5.31. The summed E-state index contributed by atoms with van der Waals surface area (Å²) in [5, 5.41) is 20.1. The van der Waals surface area contributed by atoms with Crippen LogP contribution in [0.2, 0.25) is 0 Å². The molecule has 0 spiro atoms. The standard InChI is InChI=1S/C26H24F3N7O2S.C2H6.CH4O/c27-26(28,29)24-35-19(23(39-24)32-15-10-4-5-11-15)20(30)38-25(31)36-21-22(37)33-17-13-7-6-12-16(17)18(34-21)14-8-2-1-3-9-14;2*1-2/h1-3,6-9,12-13,15,21,30,32H,4-5,10-11H2,(H2,31,36)(H,33,37);1-2H3;2H,1H3. The Bertz CT molecular complexity index is 1450. The number of aliphatic imine (C=N–C) groups is 2. The van der Waals surface area contributed by atoms with Crippen LogP contribution >= 0.6 is 11.3 Å². The number of ether oxygens (including phenoxy) is 1. The van der Waals surface area contributed by atoms with Gasteiger partial charge in [0.1, 0.15) is 5.00 Å². The number of hydrogen-bond donors (Lipinski definition) is 5. The number of alkyl halides is 3. The van der Waals surface area contributed by atoms with Crippen LogP contribution in [-0.4, -0.2) is 52.9 Å². The van der Waals surface area contributed by atoms with Crippen molar-refractivity contribution in [3.63, 3.8) is 0 Å². The quantitative estimate of drug-likeness (QED) is 0.185. The number of nitrogens with two attached hydrogens (primary N) is 1. The van der Waals surface area contributed by atoms with Crippen molar-refractivity contribution in [2.75, 3.05) is 17.7 Å². The van der Waals surface area contributed by atoms with Gasteiger partial charge in [0.2, 0.25) is 17.1 Å². The minimum Gasteiger partial charge on any atom is -0.405 e. The Labute approximate surface area is 251 Å². The highest BCUT2D eigenvalue weighted by Gasteiger charge is 2.37. The third kappa shape index (κ3) is 8.38. The third-order valence-corrected chi connectivity index (χ3v) is 7.24. The van der Waals surface area contributed by atoms with Gasteiger partial charge in [-0.1, -0.05) is 86.6 Å². The van der Waals surface area contributed by atoms with Crippen molar-refractivity contribution in [3.05, 3.63) is 76.4 Å². The lowest BCUT2D eigenvalue weighted by Gasteiger charge is -2.13. The van der Waals surface area contributed by atoms with Gasteiger partial charge in [-0.3, -0.25) is 10.2 Å². The highest BCUT2D eigenvalue weighted by atomic mass is 32.1. The minimum absolute atomic E-state index is 0.0221. The number of halogens is 3. The second-order valence-corrected chi connectivity index (χ2v) is 9.97. The molecule has 14 heteroatoms. The number of amides is 1. The Morgan fingerprint density at radius 2 is 1.74 bits per heavy atom. The lowest BCUT2D eigenvalue weighted by Crippen LogP contribution is -2.29. The van der Waals surface area contributed by atoms with E-state index in [1.807, 2.05) is 56.3 Å². The van der Waals surface area contributed by atoms with E-state index in [1.54, 1.807) is 12.1 Å². The van der Waals surface area contributed by atoms with Gasteiger partial charge in [0.15, 0.2) is 5.69 Å². The van der Waals surface area contributed by atoms with Crippen molar-refractivity contribution in [1.29, 1.82) is 5.41 Å². The zero-order chi connectivity index (χ0) is 31.6. The topological polar surface area (TPSA) is 158 Å². The minimum atomic E-state index is -4.69. The van der Waals surface area contributed by atoms with E-state index >= 15 is 0 Å². The van der Waals surface area contributed by atoms with Gasteiger partial charge in [0.05, 0.1) is 11.4 Å². The second kappa shape index (κ2) is 15.3. The first-order valence-corrected chi connectivity index (χ1v) is 14.4. The monoisotopic (exact) mass is 617 g/mol. The highest BCUT2D eigenvalue weighted by molar-refractivity contribution is 7.16. The van der Waals surface area contributed by atoms with E-state index in [0.29, 0.717) is 28.3 Å². The molecule has 2 aromatic carbocycles. The van der Waals surface area contributed by atoms with Gasteiger partial charge in [0.25, 0.3) is 11.9 Å². The molecule has 1 amide bonds. The number of fused-ring (bicyclic) bond motifs is 1. The average Bonchev–Trinajstić information content (AvgIpc) is 3.66. The molecule has 0 bridgehead atoms. The van der Waals surface area contributed by atoms with E-state index in [0.717, 1.165) is 38.4 Å². The van der Waals surface area contributed by atoms with Crippen LogP contribution < -0.4 is 16.4 Å². The fourth-order valence-electron chi connectivity index (χ4n) is 4.41. The van der Waals surface area contributed by atoms with Crippen LogP contribution in [0.25, 0.3) is 0 Å².